The molecule has 130 valence electrons. The number of nitrogens with one attached hydrogen (secondary N) is 1. The minimum Gasteiger partial charge on any atom is -0.478 e. The fraction of sp³-hybridized carbons (Fsp3) is 0.0952. The molecule has 0 aliphatic heterocycles. The maximum absolute atomic E-state index is 14.1. The first-order chi connectivity index (χ1) is 12.7. The second-order valence-corrected chi connectivity index (χ2v) is 5.45. The van der Waals surface area contributed by atoms with Gasteiger partial charge in [0.05, 0.1) is 5.69 Å². The molecule has 5 heteroatoms. The van der Waals surface area contributed by atoms with Gasteiger partial charge in [-0.25, -0.2) is 9.18 Å². The van der Waals surface area contributed by atoms with Crippen molar-refractivity contribution >= 4 is 11.8 Å². The van der Waals surface area contributed by atoms with E-state index in [1.54, 1.807) is 0 Å². The third-order valence-corrected chi connectivity index (χ3v) is 3.47. The Morgan fingerprint density at radius 2 is 1.54 bits per heavy atom. The molecule has 0 heterocycles. The first-order valence-electron chi connectivity index (χ1n) is 7.98. The number of hydrogen-bond acceptors (Lipinski definition) is 3. The van der Waals surface area contributed by atoms with Gasteiger partial charge >= 0.3 is 6.09 Å². The van der Waals surface area contributed by atoms with Crippen LogP contribution in [0.15, 0.2) is 66.7 Å². The minimum atomic E-state index is -0.698. The van der Waals surface area contributed by atoms with Crippen molar-refractivity contribution in [2.24, 2.45) is 0 Å². The summed E-state index contributed by atoms with van der Waals surface area (Å²) in [7, 11) is 0. The molecule has 0 saturated heterocycles. The Morgan fingerprint density at radius 3 is 2.15 bits per heavy atom. The molecule has 4 nitrogen and oxygen atoms in total. The normalized spacial score (nSPS) is 9.88. The van der Waals surface area contributed by atoms with Crippen LogP contribution < -0.4 is 10.1 Å². The fourth-order valence-corrected chi connectivity index (χ4v) is 2.18. The van der Waals surface area contributed by atoms with Crippen molar-refractivity contribution in [1.82, 2.24) is 0 Å². The quantitative estimate of drug-likeness (QED) is 0.698. The highest BCUT2D eigenvalue weighted by atomic mass is 19.1. The van der Waals surface area contributed by atoms with E-state index in [4.69, 9.17) is 9.47 Å². The van der Waals surface area contributed by atoms with Crippen LogP contribution >= 0.6 is 0 Å². The molecule has 1 amide bonds. The van der Waals surface area contributed by atoms with Gasteiger partial charge in [0, 0.05) is 6.07 Å². The molecule has 0 fully saturated rings. The van der Waals surface area contributed by atoms with Crippen molar-refractivity contribution < 1.29 is 18.7 Å². The molecule has 0 unspecified atom stereocenters. The highest BCUT2D eigenvalue weighted by Crippen LogP contribution is 2.18. The lowest BCUT2D eigenvalue weighted by Gasteiger charge is -2.07. The van der Waals surface area contributed by atoms with Crippen LogP contribution in [-0.4, -0.2) is 6.09 Å². The van der Waals surface area contributed by atoms with Gasteiger partial charge in [0.1, 0.15) is 13.2 Å². The van der Waals surface area contributed by atoms with Gasteiger partial charge in [-0.3, -0.25) is 5.32 Å². The maximum Gasteiger partial charge on any atom is 0.412 e. The SMILES string of the molecule is O=C(Nc1c#cc(OCc2ccccc2)c(F)c1)OCc1ccccc1. The van der Waals surface area contributed by atoms with Crippen molar-refractivity contribution in [3.8, 4) is 5.75 Å². The van der Waals surface area contributed by atoms with Crippen LogP contribution in [0.3, 0.4) is 0 Å². The van der Waals surface area contributed by atoms with Gasteiger partial charge < -0.3 is 9.47 Å². The van der Waals surface area contributed by atoms with Crippen LogP contribution in [0.4, 0.5) is 14.9 Å². The molecule has 0 radical (unpaired) electrons. The zero-order chi connectivity index (χ0) is 18.2. The molecule has 0 saturated carbocycles. The summed E-state index contributed by atoms with van der Waals surface area (Å²) in [6.45, 7) is 0.338. The molecule has 0 aliphatic carbocycles. The largest absolute Gasteiger partial charge is 0.478 e. The Balaban J connectivity index is 1.52. The summed E-state index contributed by atoms with van der Waals surface area (Å²) in [4.78, 5) is 11.8. The van der Waals surface area contributed by atoms with Crippen LogP contribution in [0.5, 0.6) is 5.75 Å². The maximum atomic E-state index is 14.1. The second-order valence-electron chi connectivity index (χ2n) is 5.45. The highest BCUT2D eigenvalue weighted by molar-refractivity contribution is 5.84. The molecule has 3 aromatic rings. The van der Waals surface area contributed by atoms with Gasteiger partial charge in [-0.2, -0.15) is 0 Å². The molecular formula is C21H16FNO3. The summed E-state index contributed by atoms with van der Waals surface area (Å²) in [5.41, 5.74) is 1.88. The second kappa shape index (κ2) is 8.54. The third kappa shape index (κ3) is 4.99. The lowest BCUT2D eigenvalue weighted by Crippen LogP contribution is -2.13. The van der Waals surface area contributed by atoms with E-state index in [9.17, 15) is 9.18 Å². The van der Waals surface area contributed by atoms with Crippen molar-refractivity contribution in [2.75, 3.05) is 5.32 Å². The first-order valence-corrected chi connectivity index (χ1v) is 7.98. The molecule has 3 aromatic carbocycles. The molecule has 0 aliphatic rings. The number of rotatable bonds is 6. The molecule has 1 N–H and O–H groups in total. The summed E-state index contributed by atoms with van der Waals surface area (Å²) in [5.74, 6) is -0.699. The Kier molecular flexibility index (Phi) is 5.69. The first kappa shape index (κ1) is 17.3. The average molecular weight is 349 g/mol. The summed E-state index contributed by atoms with van der Waals surface area (Å²) >= 11 is 0. The van der Waals surface area contributed by atoms with E-state index in [1.165, 1.54) is 0 Å². The molecule has 0 spiro atoms. The lowest BCUT2D eigenvalue weighted by atomic mass is 10.2. The number of anilines is 1. The number of benzene rings is 2. The molecule has 0 bridgehead atoms. The predicted molar refractivity (Wildman–Crippen MR) is 95.1 cm³/mol. The summed E-state index contributed by atoms with van der Waals surface area (Å²) in [6.07, 6.45) is -0.698. The van der Waals surface area contributed by atoms with Crippen molar-refractivity contribution in [1.29, 1.82) is 0 Å². The van der Waals surface area contributed by atoms with Crippen molar-refractivity contribution in [3.05, 3.63) is 95.8 Å². The van der Waals surface area contributed by atoms with E-state index in [1.807, 2.05) is 60.7 Å². The molecular weight excluding hydrogens is 333 g/mol. The predicted octanol–water partition coefficient (Wildman–Crippen LogP) is 4.75. The van der Waals surface area contributed by atoms with Gasteiger partial charge in [-0.15, -0.1) is 0 Å². The van der Waals surface area contributed by atoms with E-state index in [0.717, 1.165) is 17.2 Å². The van der Waals surface area contributed by atoms with Gasteiger partial charge in [0.25, 0.3) is 0 Å². The van der Waals surface area contributed by atoms with E-state index >= 15 is 0 Å². The summed E-state index contributed by atoms with van der Waals surface area (Å²) < 4.78 is 24.5. The lowest BCUT2D eigenvalue weighted by molar-refractivity contribution is 0.155. The molecule has 26 heavy (non-hydrogen) atoms. The Labute approximate surface area is 151 Å². The molecule has 0 aromatic heterocycles. The van der Waals surface area contributed by atoms with E-state index in [2.05, 4.69) is 17.4 Å². The van der Waals surface area contributed by atoms with Gasteiger partial charge in [0.15, 0.2) is 5.82 Å². The number of amides is 1. The molecule has 3 rings (SSSR count). The number of carbonyl (C=O) groups excluding carboxylic acids is 1. The summed E-state index contributed by atoms with van der Waals surface area (Å²) in [6, 6.07) is 25.0. The number of halogens is 1. The Hall–Kier alpha value is -3.52. The topological polar surface area (TPSA) is 47.6 Å². The van der Waals surface area contributed by atoms with Crippen molar-refractivity contribution in [3.63, 3.8) is 0 Å². The number of hydrogen-bond donors (Lipinski definition) is 1. The van der Waals surface area contributed by atoms with Crippen LogP contribution in [0.1, 0.15) is 11.1 Å². The number of ether oxygens (including phenoxy) is 2. The number of carbonyl (C=O) groups is 1. The van der Waals surface area contributed by atoms with Crippen molar-refractivity contribution in [2.45, 2.75) is 13.2 Å². The summed E-state index contributed by atoms with van der Waals surface area (Å²) in [5, 5.41) is 2.41. The average Bonchev–Trinajstić information content (AvgIpc) is 2.67. The van der Waals surface area contributed by atoms with E-state index in [0.29, 0.717) is 0 Å². The smallest absolute Gasteiger partial charge is 0.412 e. The van der Waals surface area contributed by atoms with Crippen LogP contribution in [0, 0.1) is 17.9 Å². The Morgan fingerprint density at radius 1 is 0.923 bits per heavy atom. The van der Waals surface area contributed by atoms with E-state index in [-0.39, 0.29) is 24.7 Å². The highest BCUT2D eigenvalue weighted by Gasteiger charge is 2.08. The molecule has 0 atom stereocenters. The van der Waals surface area contributed by atoms with Gasteiger partial charge in [-0.05, 0) is 23.3 Å². The van der Waals surface area contributed by atoms with Crippen LogP contribution in [-0.2, 0) is 18.0 Å². The van der Waals surface area contributed by atoms with Gasteiger partial charge in [-0.1, -0.05) is 60.7 Å². The monoisotopic (exact) mass is 349 g/mol. The Bertz CT molecular complexity index is 854. The fourth-order valence-electron chi connectivity index (χ4n) is 2.18. The van der Waals surface area contributed by atoms with Crippen LogP contribution in [0.2, 0.25) is 0 Å². The van der Waals surface area contributed by atoms with Gasteiger partial charge in [0.2, 0.25) is 5.75 Å². The third-order valence-electron chi connectivity index (χ3n) is 3.47. The van der Waals surface area contributed by atoms with E-state index < -0.39 is 11.9 Å². The zero-order valence-electron chi connectivity index (χ0n) is 13.9. The van der Waals surface area contributed by atoms with Crippen LogP contribution in [0.25, 0.3) is 0 Å². The standard InChI is InChI=1S/C21H16FNO3/c22-19-13-18(23-21(24)26-15-17-9-5-2-6-10-17)11-12-20(19)25-14-16-7-3-1-4-8-16/h1-10,13H,14-15H2,(H,23,24). The minimum absolute atomic E-state index is 0.0583. The zero-order valence-corrected chi connectivity index (χ0v) is 13.9.